The Balaban J connectivity index is 2.25. The van der Waals surface area contributed by atoms with Crippen molar-refractivity contribution in [3.05, 3.63) is 51.6 Å². The Hall–Kier alpha value is -0.770. The molecule has 0 bridgehead atoms. The summed E-state index contributed by atoms with van der Waals surface area (Å²) >= 11 is 14.9. The number of halogens is 3. The fourth-order valence-electron chi connectivity index (χ4n) is 1.26. The molecule has 0 spiro atoms. The largest absolute Gasteiger partial charge is 0.438 e. The number of alkyl halides is 1. The second kappa shape index (κ2) is 5.71. The topological polar surface area (TPSA) is 22.1 Å². The van der Waals surface area contributed by atoms with Gasteiger partial charge in [-0.15, -0.1) is 11.6 Å². The van der Waals surface area contributed by atoms with E-state index in [-0.39, 0.29) is 0 Å². The summed E-state index contributed by atoms with van der Waals surface area (Å²) in [5, 5.41) is 0.645. The lowest BCUT2D eigenvalue weighted by Gasteiger charge is -2.07. The highest BCUT2D eigenvalue weighted by Gasteiger charge is 2.05. The third-order valence-electron chi connectivity index (χ3n) is 2.03. The molecule has 0 N–H and O–H groups in total. The highest BCUT2D eigenvalue weighted by Crippen LogP contribution is 2.31. The van der Waals surface area contributed by atoms with E-state index in [0.717, 1.165) is 10.2 Å². The van der Waals surface area contributed by atoms with E-state index < -0.39 is 0 Å². The highest BCUT2D eigenvalue weighted by molar-refractivity contribution is 9.10. The Morgan fingerprint density at radius 3 is 2.76 bits per heavy atom. The zero-order valence-corrected chi connectivity index (χ0v) is 11.8. The Morgan fingerprint density at radius 2 is 2.06 bits per heavy atom. The first-order valence-corrected chi connectivity index (χ1v) is 6.54. The van der Waals surface area contributed by atoms with Crippen molar-refractivity contribution in [3.8, 4) is 11.6 Å². The summed E-state index contributed by atoms with van der Waals surface area (Å²) in [6, 6.07) is 10.8. The minimum atomic E-state index is 0.360. The SMILES string of the molecule is ClCc1cccc(Oc2ccc(Cl)cc2Br)n1. The lowest BCUT2D eigenvalue weighted by atomic mass is 10.3. The van der Waals surface area contributed by atoms with Gasteiger partial charge in [0.05, 0.1) is 16.0 Å². The Kier molecular flexibility index (Phi) is 4.26. The predicted molar refractivity (Wildman–Crippen MR) is 73.0 cm³/mol. The number of benzene rings is 1. The van der Waals surface area contributed by atoms with Gasteiger partial charge in [0, 0.05) is 11.1 Å². The molecular weight excluding hydrogens is 325 g/mol. The Morgan fingerprint density at radius 1 is 1.24 bits per heavy atom. The van der Waals surface area contributed by atoms with Gasteiger partial charge in [-0.05, 0) is 40.2 Å². The molecule has 1 aromatic heterocycles. The van der Waals surface area contributed by atoms with Crippen LogP contribution in [0.5, 0.6) is 11.6 Å². The van der Waals surface area contributed by atoms with Crippen molar-refractivity contribution < 1.29 is 4.74 Å². The minimum absolute atomic E-state index is 0.360. The van der Waals surface area contributed by atoms with E-state index in [9.17, 15) is 0 Å². The van der Waals surface area contributed by atoms with Gasteiger partial charge in [-0.25, -0.2) is 4.98 Å². The molecule has 0 fully saturated rings. The monoisotopic (exact) mass is 331 g/mol. The maximum Gasteiger partial charge on any atom is 0.219 e. The van der Waals surface area contributed by atoms with Gasteiger partial charge < -0.3 is 4.74 Å². The maximum atomic E-state index is 5.85. The van der Waals surface area contributed by atoms with Crippen LogP contribution in [-0.2, 0) is 5.88 Å². The average molecular weight is 333 g/mol. The van der Waals surface area contributed by atoms with E-state index in [1.54, 1.807) is 24.3 Å². The fourth-order valence-corrected chi connectivity index (χ4v) is 2.17. The van der Waals surface area contributed by atoms with Crippen molar-refractivity contribution >= 4 is 39.1 Å². The van der Waals surface area contributed by atoms with Crippen LogP contribution >= 0.6 is 39.1 Å². The molecule has 5 heteroatoms. The van der Waals surface area contributed by atoms with E-state index in [0.29, 0.717) is 22.5 Å². The molecule has 2 rings (SSSR count). The number of aromatic nitrogens is 1. The molecule has 1 heterocycles. The van der Waals surface area contributed by atoms with Crippen LogP contribution < -0.4 is 4.74 Å². The summed E-state index contributed by atoms with van der Waals surface area (Å²) in [6.45, 7) is 0. The number of ether oxygens (including phenoxy) is 1. The van der Waals surface area contributed by atoms with Crippen molar-refractivity contribution in [2.75, 3.05) is 0 Å². The van der Waals surface area contributed by atoms with Crippen LogP contribution in [0.4, 0.5) is 0 Å². The van der Waals surface area contributed by atoms with Gasteiger partial charge in [0.25, 0.3) is 0 Å². The molecule has 17 heavy (non-hydrogen) atoms. The average Bonchev–Trinajstić information content (AvgIpc) is 2.33. The van der Waals surface area contributed by atoms with Crippen molar-refractivity contribution in [3.63, 3.8) is 0 Å². The third-order valence-corrected chi connectivity index (χ3v) is 3.16. The summed E-state index contributed by atoms with van der Waals surface area (Å²) in [4.78, 5) is 4.24. The van der Waals surface area contributed by atoms with E-state index in [2.05, 4.69) is 20.9 Å². The van der Waals surface area contributed by atoms with E-state index >= 15 is 0 Å². The first-order valence-electron chi connectivity index (χ1n) is 4.84. The number of hydrogen-bond donors (Lipinski definition) is 0. The molecular formula is C12H8BrCl2NO. The van der Waals surface area contributed by atoms with E-state index in [1.165, 1.54) is 0 Å². The predicted octanol–water partition coefficient (Wildman–Crippen LogP) is 5.03. The second-order valence-corrected chi connectivity index (χ2v) is 4.84. The lowest BCUT2D eigenvalue weighted by Crippen LogP contribution is -1.91. The zero-order valence-electron chi connectivity index (χ0n) is 8.66. The smallest absolute Gasteiger partial charge is 0.219 e. The molecule has 0 aliphatic heterocycles. The fraction of sp³-hybridized carbons (Fsp3) is 0.0833. The molecule has 0 aliphatic rings. The molecule has 0 radical (unpaired) electrons. The van der Waals surface area contributed by atoms with Gasteiger partial charge in [0.1, 0.15) is 5.75 Å². The van der Waals surface area contributed by atoms with Gasteiger partial charge in [0.15, 0.2) is 0 Å². The van der Waals surface area contributed by atoms with E-state index in [1.807, 2.05) is 12.1 Å². The molecule has 0 unspecified atom stereocenters. The normalized spacial score (nSPS) is 10.3. The minimum Gasteiger partial charge on any atom is -0.438 e. The molecule has 0 atom stereocenters. The molecule has 0 saturated carbocycles. The number of nitrogens with zero attached hydrogens (tertiary/aromatic N) is 1. The van der Waals surface area contributed by atoms with Crippen molar-refractivity contribution in [1.29, 1.82) is 0 Å². The summed E-state index contributed by atoms with van der Waals surface area (Å²) in [5.41, 5.74) is 0.772. The van der Waals surface area contributed by atoms with Gasteiger partial charge in [0.2, 0.25) is 5.88 Å². The van der Waals surface area contributed by atoms with Gasteiger partial charge in [-0.2, -0.15) is 0 Å². The van der Waals surface area contributed by atoms with Crippen LogP contribution in [0.25, 0.3) is 0 Å². The van der Waals surface area contributed by atoms with Gasteiger partial charge >= 0.3 is 0 Å². The third kappa shape index (κ3) is 3.35. The summed E-state index contributed by atoms with van der Waals surface area (Å²) in [7, 11) is 0. The van der Waals surface area contributed by atoms with Crippen LogP contribution in [0.2, 0.25) is 5.02 Å². The van der Waals surface area contributed by atoms with Crippen molar-refractivity contribution in [2.24, 2.45) is 0 Å². The Bertz CT molecular complexity index is 534. The van der Waals surface area contributed by atoms with Crippen molar-refractivity contribution in [2.45, 2.75) is 5.88 Å². The van der Waals surface area contributed by atoms with Crippen LogP contribution in [0.15, 0.2) is 40.9 Å². The molecule has 0 saturated heterocycles. The van der Waals surface area contributed by atoms with Crippen LogP contribution in [0, 0.1) is 0 Å². The summed E-state index contributed by atoms with van der Waals surface area (Å²) in [6.07, 6.45) is 0. The second-order valence-electron chi connectivity index (χ2n) is 3.28. The van der Waals surface area contributed by atoms with Crippen LogP contribution in [-0.4, -0.2) is 4.98 Å². The number of hydrogen-bond acceptors (Lipinski definition) is 2. The lowest BCUT2D eigenvalue weighted by molar-refractivity contribution is 0.458. The van der Waals surface area contributed by atoms with Crippen LogP contribution in [0.3, 0.4) is 0 Å². The van der Waals surface area contributed by atoms with Gasteiger partial charge in [-0.3, -0.25) is 0 Å². The summed E-state index contributed by atoms with van der Waals surface area (Å²) in [5.74, 6) is 1.53. The first-order chi connectivity index (χ1) is 8.19. The molecule has 0 aliphatic carbocycles. The van der Waals surface area contributed by atoms with E-state index in [4.69, 9.17) is 27.9 Å². The molecule has 1 aromatic carbocycles. The van der Waals surface area contributed by atoms with Gasteiger partial charge in [-0.1, -0.05) is 17.7 Å². The molecule has 0 amide bonds. The number of pyridine rings is 1. The molecule has 2 nitrogen and oxygen atoms in total. The molecule has 88 valence electrons. The standard InChI is InChI=1S/C12H8BrCl2NO/c13-10-6-8(15)4-5-11(10)17-12-3-1-2-9(7-14)16-12/h1-6H,7H2. The molecule has 2 aromatic rings. The zero-order chi connectivity index (χ0) is 12.3. The highest BCUT2D eigenvalue weighted by atomic mass is 79.9. The quantitative estimate of drug-likeness (QED) is 0.735. The summed E-state index contributed by atoms with van der Waals surface area (Å²) < 4.78 is 6.41. The maximum absolute atomic E-state index is 5.85. The first kappa shape index (κ1) is 12.7. The van der Waals surface area contributed by atoms with Crippen molar-refractivity contribution in [1.82, 2.24) is 4.98 Å². The number of rotatable bonds is 3. The van der Waals surface area contributed by atoms with Crippen LogP contribution in [0.1, 0.15) is 5.69 Å². The Labute approximate surface area is 118 Å².